The van der Waals surface area contributed by atoms with Crippen LogP contribution in [0, 0.1) is 5.92 Å². The van der Waals surface area contributed by atoms with Crippen molar-refractivity contribution in [2.75, 3.05) is 0 Å². The van der Waals surface area contributed by atoms with E-state index in [9.17, 15) is 0 Å². The molecule has 0 radical (unpaired) electrons. The van der Waals surface area contributed by atoms with Gasteiger partial charge < -0.3 is 10.3 Å². The summed E-state index contributed by atoms with van der Waals surface area (Å²) < 4.78 is 5.09. The zero-order valence-corrected chi connectivity index (χ0v) is 8.24. The highest BCUT2D eigenvalue weighted by atomic mass is 16.5. The van der Waals surface area contributed by atoms with Crippen molar-refractivity contribution in [2.24, 2.45) is 11.7 Å². The quantitative estimate of drug-likeness (QED) is 0.748. The summed E-state index contributed by atoms with van der Waals surface area (Å²) in [6, 6.07) is 0. The van der Waals surface area contributed by atoms with Gasteiger partial charge in [0, 0.05) is 5.92 Å². The SMILES string of the molecule is CC1CC1c1noc(C(C)(C)N)n1. The summed E-state index contributed by atoms with van der Waals surface area (Å²) >= 11 is 0. The Kier molecular flexibility index (Phi) is 1.70. The standard InChI is InChI=1S/C9H15N3O/c1-5-4-6(5)7-11-8(13-12-7)9(2,3)10/h5-6H,4,10H2,1-3H3. The monoisotopic (exact) mass is 181 g/mol. The lowest BCUT2D eigenvalue weighted by atomic mass is 10.1. The number of hydrogen-bond acceptors (Lipinski definition) is 4. The molecule has 1 aliphatic rings. The van der Waals surface area contributed by atoms with Crippen LogP contribution in [-0.2, 0) is 5.54 Å². The Bertz CT molecular complexity index is 313. The van der Waals surface area contributed by atoms with Gasteiger partial charge in [-0.1, -0.05) is 12.1 Å². The van der Waals surface area contributed by atoms with Crippen molar-refractivity contribution >= 4 is 0 Å². The van der Waals surface area contributed by atoms with Gasteiger partial charge in [0.05, 0.1) is 5.54 Å². The maximum atomic E-state index is 5.83. The minimum atomic E-state index is -0.524. The van der Waals surface area contributed by atoms with Gasteiger partial charge in [-0.2, -0.15) is 4.98 Å². The van der Waals surface area contributed by atoms with Gasteiger partial charge in [-0.25, -0.2) is 0 Å². The Morgan fingerprint density at radius 2 is 2.15 bits per heavy atom. The van der Waals surface area contributed by atoms with Crippen LogP contribution in [0.2, 0.25) is 0 Å². The maximum absolute atomic E-state index is 5.83. The van der Waals surface area contributed by atoms with Crippen molar-refractivity contribution in [3.05, 3.63) is 11.7 Å². The predicted octanol–water partition coefficient (Wildman–Crippen LogP) is 1.39. The number of rotatable bonds is 2. The van der Waals surface area contributed by atoms with E-state index in [1.165, 1.54) is 6.42 Å². The molecule has 0 amide bonds. The largest absolute Gasteiger partial charge is 0.337 e. The summed E-state index contributed by atoms with van der Waals surface area (Å²) in [4.78, 5) is 4.29. The molecular formula is C9H15N3O. The molecule has 2 N–H and O–H groups in total. The molecule has 4 nitrogen and oxygen atoms in total. The van der Waals surface area contributed by atoms with Crippen molar-refractivity contribution in [3.63, 3.8) is 0 Å². The topological polar surface area (TPSA) is 64.9 Å². The van der Waals surface area contributed by atoms with Gasteiger partial charge in [0.2, 0.25) is 5.89 Å². The van der Waals surface area contributed by atoms with Gasteiger partial charge in [0.1, 0.15) is 0 Å². The molecule has 0 saturated heterocycles. The molecule has 2 unspecified atom stereocenters. The Hall–Kier alpha value is -0.900. The molecule has 0 aliphatic heterocycles. The predicted molar refractivity (Wildman–Crippen MR) is 48.0 cm³/mol. The van der Waals surface area contributed by atoms with Crippen LogP contribution in [0.15, 0.2) is 4.52 Å². The van der Waals surface area contributed by atoms with Crippen LogP contribution in [0.25, 0.3) is 0 Å². The van der Waals surface area contributed by atoms with Gasteiger partial charge in [0.25, 0.3) is 0 Å². The molecule has 4 heteroatoms. The van der Waals surface area contributed by atoms with Crippen LogP contribution in [0.1, 0.15) is 44.8 Å². The van der Waals surface area contributed by atoms with Gasteiger partial charge in [0.15, 0.2) is 5.82 Å². The van der Waals surface area contributed by atoms with E-state index in [1.807, 2.05) is 13.8 Å². The Morgan fingerprint density at radius 1 is 1.54 bits per heavy atom. The fourth-order valence-electron chi connectivity index (χ4n) is 1.33. The summed E-state index contributed by atoms with van der Waals surface area (Å²) in [5.41, 5.74) is 5.30. The zero-order chi connectivity index (χ0) is 9.64. The Labute approximate surface area is 77.5 Å². The first-order valence-electron chi connectivity index (χ1n) is 4.61. The molecule has 0 bridgehead atoms. The van der Waals surface area contributed by atoms with E-state index in [1.54, 1.807) is 0 Å². The minimum absolute atomic E-state index is 0.500. The average molecular weight is 181 g/mol. The van der Waals surface area contributed by atoms with Gasteiger partial charge in [-0.15, -0.1) is 0 Å². The van der Waals surface area contributed by atoms with Gasteiger partial charge in [-0.3, -0.25) is 0 Å². The second kappa shape index (κ2) is 2.54. The van der Waals surface area contributed by atoms with Crippen molar-refractivity contribution in [1.29, 1.82) is 0 Å². The maximum Gasteiger partial charge on any atom is 0.246 e. The highest BCUT2D eigenvalue weighted by Gasteiger charge is 2.38. The normalized spacial score (nSPS) is 27.7. The second-order valence-corrected chi connectivity index (χ2v) is 4.50. The highest BCUT2D eigenvalue weighted by Crippen LogP contribution is 2.45. The number of hydrogen-bond donors (Lipinski definition) is 1. The smallest absolute Gasteiger partial charge is 0.246 e. The molecule has 72 valence electrons. The zero-order valence-electron chi connectivity index (χ0n) is 8.24. The third-order valence-corrected chi connectivity index (χ3v) is 2.43. The summed E-state index contributed by atoms with van der Waals surface area (Å²) in [5.74, 6) is 2.55. The molecule has 1 fully saturated rings. The van der Waals surface area contributed by atoms with E-state index in [-0.39, 0.29) is 0 Å². The molecule has 1 aromatic rings. The van der Waals surface area contributed by atoms with E-state index in [0.29, 0.717) is 17.7 Å². The fraction of sp³-hybridized carbons (Fsp3) is 0.778. The molecule has 13 heavy (non-hydrogen) atoms. The van der Waals surface area contributed by atoms with E-state index < -0.39 is 5.54 Å². The number of nitrogens with two attached hydrogens (primary N) is 1. The van der Waals surface area contributed by atoms with Crippen LogP contribution in [-0.4, -0.2) is 10.1 Å². The lowest BCUT2D eigenvalue weighted by molar-refractivity contribution is 0.310. The molecule has 1 aromatic heterocycles. The van der Waals surface area contributed by atoms with E-state index in [0.717, 1.165) is 5.82 Å². The molecule has 1 aliphatic carbocycles. The van der Waals surface area contributed by atoms with Gasteiger partial charge >= 0.3 is 0 Å². The molecule has 2 atom stereocenters. The minimum Gasteiger partial charge on any atom is -0.337 e. The first kappa shape index (κ1) is 8.69. The molecule has 0 aromatic carbocycles. The molecule has 1 heterocycles. The van der Waals surface area contributed by atoms with Crippen LogP contribution >= 0.6 is 0 Å². The van der Waals surface area contributed by atoms with Crippen LogP contribution in [0.5, 0.6) is 0 Å². The van der Waals surface area contributed by atoms with Crippen molar-refractivity contribution in [2.45, 2.75) is 38.6 Å². The van der Waals surface area contributed by atoms with Gasteiger partial charge in [-0.05, 0) is 26.2 Å². The summed E-state index contributed by atoms with van der Waals surface area (Å²) in [7, 11) is 0. The molecular weight excluding hydrogens is 166 g/mol. The molecule has 1 saturated carbocycles. The van der Waals surface area contributed by atoms with Crippen LogP contribution in [0.4, 0.5) is 0 Å². The second-order valence-electron chi connectivity index (χ2n) is 4.50. The highest BCUT2D eigenvalue weighted by molar-refractivity contribution is 5.09. The van der Waals surface area contributed by atoms with Crippen LogP contribution in [0.3, 0.4) is 0 Å². The average Bonchev–Trinajstić information content (AvgIpc) is 2.57. The molecule has 2 rings (SSSR count). The lowest BCUT2D eigenvalue weighted by Gasteiger charge is -2.10. The van der Waals surface area contributed by atoms with Crippen molar-refractivity contribution in [1.82, 2.24) is 10.1 Å². The van der Waals surface area contributed by atoms with E-state index in [4.69, 9.17) is 10.3 Å². The first-order chi connectivity index (χ1) is 5.98. The van der Waals surface area contributed by atoms with E-state index in [2.05, 4.69) is 17.1 Å². The lowest BCUT2D eigenvalue weighted by Crippen LogP contribution is -2.29. The first-order valence-corrected chi connectivity index (χ1v) is 4.61. The van der Waals surface area contributed by atoms with E-state index >= 15 is 0 Å². The summed E-state index contributed by atoms with van der Waals surface area (Å²) in [5, 5.41) is 3.93. The number of nitrogens with zero attached hydrogens (tertiary/aromatic N) is 2. The number of aromatic nitrogens is 2. The summed E-state index contributed by atoms with van der Waals surface area (Å²) in [6.07, 6.45) is 1.17. The van der Waals surface area contributed by atoms with Crippen molar-refractivity contribution in [3.8, 4) is 0 Å². The molecule has 0 spiro atoms. The Balaban J connectivity index is 2.19. The summed E-state index contributed by atoms with van der Waals surface area (Å²) in [6.45, 7) is 5.91. The van der Waals surface area contributed by atoms with Crippen LogP contribution < -0.4 is 5.73 Å². The van der Waals surface area contributed by atoms with Crippen molar-refractivity contribution < 1.29 is 4.52 Å². The fourth-order valence-corrected chi connectivity index (χ4v) is 1.33. The Morgan fingerprint density at radius 3 is 2.54 bits per heavy atom. The third-order valence-electron chi connectivity index (χ3n) is 2.43. The third kappa shape index (κ3) is 1.58.